The molecule has 0 aliphatic heterocycles. The third-order valence-corrected chi connectivity index (χ3v) is 4.11. The summed E-state index contributed by atoms with van der Waals surface area (Å²) in [7, 11) is 0. The second kappa shape index (κ2) is 7.27. The second-order valence-electron chi connectivity index (χ2n) is 6.01. The molecule has 0 amide bonds. The van der Waals surface area contributed by atoms with Crippen LogP contribution in [0.15, 0.2) is 46.6 Å². The maximum Gasteiger partial charge on any atom is 0.182 e. The fourth-order valence-corrected chi connectivity index (χ4v) is 2.61. The summed E-state index contributed by atoms with van der Waals surface area (Å²) in [6, 6.07) is 0. The van der Waals surface area contributed by atoms with Gasteiger partial charge in [-0.05, 0) is 63.8 Å². The first-order valence-corrected chi connectivity index (χ1v) is 7.83. The van der Waals surface area contributed by atoms with Crippen molar-refractivity contribution < 1.29 is 19.2 Å². The van der Waals surface area contributed by atoms with Crippen LogP contribution < -0.4 is 0 Å². The van der Waals surface area contributed by atoms with E-state index in [0.29, 0.717) is 35.1 Å². The lowest BCUT2D eigenvalue weighted by Crippen LogP contribution is -2.12. The normalized spacial score (nSPS) is 18.5. The van der Waals surface area contributed by atoms with Gasteiger partial charge in [0.2, 0.25) is 0 Å². The summed E-state index contributed by atoms with van der Waals surface area (Å²) < 4.78 is 0. The summed E-state index contributed by atoms with van der Waals surface area (Å²) in [5.41, 5.74) is 2.08. The van der Waals surface area contributed by atoms with Gasteiger partial charge in [0.25, 0.3) is 0 Å². The van der Waals surface area contributed by atoms with Crippen LogP contribution in [0.5, 0.6) is 0 Å². The fraction of sp³-hybridized carbons (Fsp3) is 0.368. The van der Waals surface area contributed by atoms with Crippen molar-refractivity contribution >= 4 is 23.1 Å². The van der Waals surface area contributed by atoms with E-state index < -0.39 is 0 Å². The van der Waals surface area contributed by atoms with Crippen LogP contribution in [0.25, 0.3) is 0 Å². The van der Waals surface area contributed by atoms with E-state index in [4.69, 9.17) is 0 Å². The number of carbonyl (C=O) groups is 4. The number of hydrogen-bond acceptors (Lipinski definition) is 4. The molecule has 0 fully saturated rings. The first-order chi connectivity index (χ1) is 10.9. The number of rotatable bonds is 6. The Labute approximate surface area is 135 Å². The predicted octanol–water partition coefficient (Wildman–Crippen LogP) is 2.99. The van der Waals surface area contributed by atoms with E-state index in [0.717, 1.165) is 19.3 Å². The van der Waals surface area contributed by atoms with E-state index in [-0.39, 0.29) is 23.1 Å². The topological polar surface area (TPSA) is 68.3 Å². The van der Waals surface area contributed by atoms with E-state index in [1.165, 1.54) is 24.3 Å². The van der Waals surface area contributed by atoms with Gasteiger partial charge in [0.15, 0.2) is 23.1 Å². The van der Waals surface area contributed by atoms with E-state index in [1.807, 2.05) is 0 Å². The van der Waals surface area contributed by atoms with Gasteiger partial charge < -0.3 is 0 Å². The Balaban J connectivity index is 1.75. The van der Waals surface area contributed by atoms with Gasteiger partial charge in [0.1, 0.15) is 0 Å². The standard InChI is InChI=1S/C19H20O4/c1-12-8-18(22)14(10-16(12)20)6-4-3-5-7-15-11-17(21)13(2)9-19(15)23/h8-11H,3-7H2,1-2H3. The molecule has 0 radical (unpaired) electrons. The minimum absolute atomic E-state index is 0.0847. The lowest BCUT2D eigenvalue weighted by atomic mass is 9.92. The summed E-state index contributed by atoms with van der Waals surface area (Å²) >= 11 is 0. The zero-order valence-corrected chi connectivity index (χ0v) is 13.5. The highest BCUT2D eigenvalue weighted by Gasteiger charge is 2.18. The molecule has 2 rings (SSSR count). The highest BCUT2D eigenvalue weighted by molar-refractivity contribution is 6.20. The molecule has 0 aromatic heterocycles. The molecular formula is C19H20O4. The van der Waals surface area contributed by atoms with Gasteiger partial charge in [-0.3, -0.25) is 19.2 Å². The Morgan fingerprint density at radius 3 is 1.35 bits per heavy atom. The number of unbranched alkanes of at least 4 members (excludes halogenated alkanes) is 2. The molecular weight excluding hydrogens is 292 g/mol. The Bertz CT molecular complexity index is 639. The molecule has 2 aliphatic rings. The molecule has 0 saturated carbocycles. The lowest BCUT2D eigenvalue weighted by Gasteiger charge is -2.11. The fourth-order valence-electron chi connectivity index (χ4n) is 2.61. The number of hydrogen-bond donors (Lipinski definition) is 0. The molecule has 0 atom stereocenters. The van der Waals surface area contributed by atoms with E-state index in [1.54, 1.807) is 13.8 Å². The van der Waals surface area contributed by atoms with Gasteiger partial charge >= 0.3 is 0 Å². The van der Waals surface area contributed by atoms with Gasteiger partial charge in [-0.15, -0.1) is 0 Å². The van der Waals surface area contributed by atoms with Crippen LogP contribution >= 0.6 is 0 Å². The van der Waals surface area contributed by atoms with E-state index >= 15 is 0 Å². The summed E-state index contributed by atoms with van der Waals surface area (Å²) in [6.07, 6.45) is 9.17. The molecule has 0 spiro atoms. The van der Waals surface area contributed by atoms with Gasteiger partial charge in [-0.25, -0.2) is 0 Å². The monoisotopic (exact) mass is 312 g/mol. The van der Waals surface area contributed by atoms with Crippen molar-refractivity contribution in [2.24, 2.45) is 0 Å². The van der Waals surface area contributed by atoms with Crippen LogP contribution in [0.3, 0.4) is 0 Å². The number of allylic oxidation sites excluding steroid dienone is 8. The van der Waals surface area contributed by atoms with Gasteiger partial charge in [0.05, 0.1) is 0 Å². The van der Waals surface area contributed by atoms with Crippen molar-refractivity contribution in [3.05, 3.63) is 46.6 Å². The maximum absolute atomic E-state index is 11.8. The SMILES string of the molecule is CC1=CC(=O)C(CCCCCC2=CC(=O)C(C)=CC2=O)=CC1=O. The minimum Gasteiger partial charge on any atom is -0.290 e. The minimum atomic E-state index is -0.0989. The first kappa shape index (κ1) is 17.0. The molecule has 4 nitrogen and oxygen atoms in total. The van der Waals surface area contributed by atoms with Crippen LogP contribution in [-0.4, -0.2) is 23.1 Å². The van der Waals surface area contributed by atoms with Crippen LogP contribution in [0, 0.1) is 0 Å². The Morgan fingerprint density at radius 1 is 0.565 bits per heavy atom. The van der Waals surface area contributed by atoms with Crippen LogP contribution in [0.1, 0.15) is 46.0 Å². The average Bonchev–Trinajstić information content (AvgIpc) is 2.49. The molecule has 0 aromatic rings. The van der Waals surface area contributed by atoms with Crippen molar-refractivity contribution in [3.8, 4) is 0 Å². The third-order valence-electron chi connectivity index (χ3n) is 4.11. The quantitative estimate of drug-likeness (QED) is 0.558. The summed E-state index contributed by atoms with van der Waals surface area (Å²) in [5, 5.41) is 0. The van der Waals surface area contributed by atoms with Crippen LogP contribution in [-0.2, 0) is 19.2 Å². The number of ketones is 4. The van der Waals surface area contributed by atoms with Gasteiger partial charge in [0, 0.05) is 22.3 Å². The van der Waals surface area contributed by atoms with Crippen molar-refractivity contribution in [2.75, 3.05) is 0 Å². The molecule has 0 N–H and O–H groups in total. The van der Waals surface area contributed by atoms with Crippen molar-refractivity contribution in [1.82, 2.24) is 0 Å². The Morgan fingerprint density at radius 2 is 0.957 bits per heavy atom. The molecule has 0 bridgehead atoms. The Kier molecular flexibility index (Phi) is 5.37. The summed E-state index contributed by atoms with van der Waals surface area (Å²) in [5.74, 6) is -0.367. The zero-order valence-electron chi connectivity index (χ0n) is 13.5. The van der Waals surface area contributed by atoms with Gasteiger partial charge in [-0.2, -0.15) is 0 Å². The third kappa shape index (κ3) is 4.31. The maximum atomic E-state index is 11.8. The highest BCUT2D eigenvalue weighted by Crippen LogP contribution is 2.20. The van der Waals surface area contributed by atoms with Crippen molar-refractivity contribution in [2.45, 2.75) is 46.0 Å². The van der Waals surface area contributed by atoms with Crippen molar-refractivity contribution in [1.29, 1.82) is 0 Å². The van der Waals surface area contributed by atoms with Gasteiger partial charge in [-0.1, -0.05) is 6.42 Å². The predicted molar refractivity (Wildman–Crippen MR) is 86.8 cm³/mol. The van der Waals surface area contributed by atoms with Crippen molar-refractivity contribution in [3.63, 3.8) is 0 Å². The average molecular weight is 312 g/mol. The Hall–Kier alpha value is -2.36. The molecule has 0 unspecified atom stereocenters. The molecule has 0 saturated heterocycles. The summed E-state index contributed by atoms with van der Waals surface area (Å²) in [6.45, 7) is 3.28. The number of carbonyl (C=O) groups excluding carboxylic acids is 4. The second-order valence-corrected chi connectivity index (χ2v) is 6.01. The molecule has 0 aromatic carbocycles. The zero-order chi connectivity index (χ0) is 17.0. The highest BCUT2D eigenvalue weighted by atomic mass is 16.1. The molecule has 0 heterocycles. The summed E-state index contributed by atoms with van der Waals surface area (Å²) in [4.78, 5) is 46.7. The molecule has 4 heteroatoms. The molecule has 120 valence electrons. The van der Waals surface area contributed by atoms with E-state index in [9.17, 15) is 19.2 Å². The van der Waals surface area contributed by atoms with Crippen LogP contribution in [0.2, 0.25) is 0 Å². The lowest BCUT2D eigenvalue weighted by molar-refractivity contribution is -0.115. The van der Waals surface area contributed by atoms with E-state index in [2.05, 4.69) is 0 Å². The molecule has 23 heavy (non-hydrogen) atoms. The first-order valence-electron chi connectivity index (χ1n) is 7.83. The molecule has 2 aliphatic carbocycles. The smallest absolute Gasteiger partial charge is 0.182 e. The van der Waals surface area contributed by atoms with Crippen LogP contribution in [0.4, 0.5) is 0 Å². The largest absolute Gasteiger partial charge is 0.290 e.